The lowest BCUT2D eigenvalue weighted by molar-refractivity contribution is -0.136. The van der Waals surface area contributed by atoms with Crippen molar-refractivity contribution in [2.24, 2.45) is 5.92 Å². The molecule has 1 aliphatic rings. The molecule has 1 aliphatic heterocycles. The van der Waals surface area contributed by atoms with Crippen molar-refractivity contribution in [3.8, 4) is 0 Å². The highest BCUT2D eigenvalue weighted by Crippen LogP contribution is 2.26. The summed E-state index contributed by atoms with van der Waals surface area (Å²) in [5, 5.41) is 0.0295. The van der Waals surface area contributed by atoms with Crippen LogP contribution in [-0.4, -0.2) is 62.3 Å². The summed E-state index contributed by atoms with van der Waals surface area (Å²) < 4.78 is 31.8. The van der Waals surface area contributed by atoms with Crippen LogP contribution in [0.2, 0.25) is 5.02 Å². The zero-order valence-corrected chi connectivity index (χ0v) is 18.1. The SMILES string of the molecule is CCN(CC)S(=O)(=O)c1cc(C(=O)OCC(=O)N2CCCC(C)C2)ccc1Cl. The van der Waals surface area contributed by atoms with Crippen LogP contribution in [0.3, 0.4) is 0 Å². The van der Waals surface area contributed by atoms with Crippen molar-refractivity contribution in [1.82, 2.24) is 9.21 Å². The normalized spacial score (nSPS) is 17.6. The molecule has 7 nitrogen and oxygen atoms in total. The van der Waals surface area contributed by atoms with E-state index in [4.69, 9.17) is 16.3 Å². The second-order valence-electron chi connectivity index (χ2n) is 6.90. The number of nitrogens with zero attached hydrogens (tertiary/aromatic N) is 2. The third kappa shape index (κ3) is 5.24. The fourth-order valence-corrected chi connectivity index (χ4v) is 5.21. The highest BCUT2D eigenvalue weighted by molar-refractivity contribution is 7.89. The highest BCUT2D eigenvalue weighted by atomic mass is 35.5. The summed E-state index contributed by atoms with van der Waals surface area (Å²) in [4.78, 5) is 26.1. The van der Waals surface area contributed by atoms with Crippen LogP contribution in [0.25, 0.3) is 0 Å². The molecule has 1 fully saturated rings. The summed E-state index contributed by atoms with van der Waals surface area (Å²) in [6, 6.07) is 3.94. The van der Waals surface area contributed by atoms with Gasteiger partial charge in [0.2, 0.25) is 10.0 Å². The van der Waals surface area contributed by atoms with Gasteiger partial charge < -0.3 is 9.64 Å². The molecular formula is C19H27ClN2O5S. The lowest BCUT2D eigenvalue weighted by atomic mass is 10.0. The number of likely N-dealkylation sites (tertiary alicyclic amines) is 1. The summed E-state index contributed by atoms with van der Waals surface area (Å²) in [5.41, 5.74) is 0.0370. The van der Waals surface area contributed by atoms with Crippen LogP contribution < -0.4 is 0 Å². The van der Waals surface area contributed by atoms with E-state index in [-0.39, 0.29) is 41.1 Å². The van der Waals surface area contributed by atoms with Gasteiger partial charge in [0.1, 0.15) is 4.90 Å². The van der Waals surface area contributed by atoms with E-state index in [0.29, 0.717) is 19.0 Å². The maximum absolute atomic E-state index is 12.7. The Kier molecular flexibility index (Phi) is 7.86. The summed E-state index contributed by atoms with van der Waals surface area (Å²) >= 11 is 6.07. The van der Waals surface area contributed by atoms with E-state index in [9.17, 15) is 18.0 Å². The third-order valence-electron chi connectivity index (χ3n) is 4.83. The second-order valence-corrected chi connectivity index (χ2v) is 9.21. The number of hydrogen-bond acceptors (Lipinski definition) is 5. The average Bonchev–Trinajstić information content (AvgIpc) is 2.66. The van der Waals surface area contributed by atoms with Crippen molar-refractivity contribution in [2.45, 2.75) is 38.5 Å². The Labute approximate surface area is 171 Å². The van der Waals surface area contributed by atoms with Crippen LogP contribution in [0.1, 0.15) is 44.0 Å². The molecule has 2 rings (SSSR count). The summed E-state index contributed by atoms with van der Waals surface area (Å²) in [5.74, 6) is -0.576. The molecule has 0 aliphatic carbocycles. The fourth-order valence-electron chi connectivity index (χ4n) is 3.25. The Morgan fingerprint density at radius 3 is 2.57 bits per heavy atom. The molecule has 0 aromatic heterocycles. The van der Waals surface area contributed by atoms with Crippen molar-refractivity contribution in [2.75, 3.05) is 32.8 Å². The lowest BCUT2D eigenvalue weighted by Gasteiger charge is -2.30. The van der Waals surface area contributed by atoms with E-state index in [2.05, 4.69) is 6.92 Å². The van der Waals surface area contributed by atoms with Crippen LogP contribution >= 0.6 is 11.6 Å². The molecule has 1 aromatic carbocycles. The minimum absolute atomic E-state index is 0.0295. The first-order valence-corrected chi connectivity index (χ1v) is 11.3. The fraction of sp³-hybridized carbons (Fsp3) is 0.579. The van der Waals surface area contributed by atoms with Gasteiger partial charge in [0.25, 0.3) is 5.91 Å². The summed E-state index contributed by atoms with van der Waals surface area (Å²) in [6.07, 6.45) is 2.02. The van der Waals surface area contributed by atoms with Gasteiger partial charge in [0.05, 0.1) is 10.6 Å². The Bertz CT molecular complexity index is 824. The first kappa shape index (κ1) is 22.6. The van der Waals surface area contributed by atoms with Gasteiger partial charge >= 0.3 is 5.97 Å². The monoisotopic (exact) mass is 430 g/mol. The molecule has 156 valence electrons. The maximum atomic E-state index is 12.7. The maximum Gasteiger partial charge on any atom is 0.338 e. The number of piperidine rings is 1. The molecule has 1 saturated heterocycles. The molecule has 1 atom stereocenters. The number of carbonyl (C=O) groups excluding carboxylic acids is 2. The van der Waals surface area contributed by atoms with E-state index in [1.165, 1.54) is 22.5 Å². The number of carbonyl (C=O) groups is 2. The lowest BCUT2D eigenvalue weighted by Crippen LogP contribution is -2.41. The minimum atomic E-state index is -3.82. The zero-order chi connectivity index (χ0) is 20.9. The Hall–Kier alpha value is -1.64. The number of rotatable bonds is 7. The third-order valence-corrected chi connectivity index (χ3v) is 7.36. The van der Waals surface area contributed by atoms with Gasteiger partial charge in [-0.1, -0.05) is 32.4 Å². The zero-order valence-electron chi connectivity index (χ0n) is 16.5. The standard InChI is InChI=1S/C19H27ClN2O5S/c1-4-22(5-2)28(25,26)17-11-15(8-9-16(17)20)19(24)27-13-18(23)21-10-6-7-14(3)12-21/h8-9,11,14H,4-7,10,12-13H2,1-3H3. The molecule has 28 heavy (non-hydrogen) atoms. The molecule has 1 aromatic rings. The number of sulfonamides is 1. The molecule has 1 unspecified atom stereocenters. The summed E-state index contributed by atoms with van der Waals surface area (Å²) in [7, 11) is -3.82. The van der Waals surface area contributed by atoms with Crippen molar-refractivity contribution in [1.29, 1.82) is 0 Å². The number of halogens is 1. The Morgan fingerprint density at radius 1 is 1.29 bits per heavy atom. The van der Waals surface area contributed by atoms with Gasteiger partial charge in [-0.15, -0.1) is 0 Å². The molecule has 0 spiro atoms. The molecular weight excluding hydrogens is 404 g/mol. The van der Waals surface area contributed by atoms with E-state index < -0.39 is 16.0 Å². The number of amides is 1. The predicted octanol–water partition coefficient (Wildman–Crippen LogP) is 2.79. The van der Waals surface area contributed by atoms with Gasteiger partial charge in [-0.05, 0) is 37.0 Å². The molecule has 0 saturated carbocycles. The predicted molar refractivity (Wildman–Crippen MR) is 107 cm³/mol. The molecule has 0 N–H and O–H groups in total. The van der Waals surface area contributed by atoms with Crippen LogP contribution in [0.4, 0.5) is 0 Å². The topological polar surface area (TPSA) is 84.0 Å². The van der Waals surface area contributed by atoms with Gasteiger partial charge in [-0.2, -0.15) is 4.31 Å². The van der Waals surface area contributed by atoms with Crippen LogP contribution in [-0.2, 0) is 19.6 Å². The van der Waals surface area contributed by atoms with Crippen molar-refractivity contribution >= 4 is 33.5 Å². The van der Waals surface area contributed by atoms with Gasteiger partial charge in [0, 0.05) is 26.2 Å². The van der Waals surface area contributed by atoms with Crippen molar-refractivity contribution < 1.29 is 22.7 Å². The highest BCUT2D eigenvalue weighted by Gasteiger charge is 2.26. The molecule has 0 radical (unpaired) electrons. The van der Waals surface area contributed by atoms with E-state index in [1.807, 2.05) is 0 Å². The van der Waals surface area contributed by atoms with Crippen LogP contribution in [0.5, 0.6) is 0 Å². The van der Waals surface area contributed by atoms with Crippen LogP contribution in [0, 0.1) is 5.92 Å². The van der Waals surface area contributed by atoms with Crippen LogP contribution in [0.15, 0.2) is 23.1 Å². The Balaban J connectivity index is 2.11. The van der Waals surface area contributed by atoms with Crippen molar-refractivity contribution in [3.05, 3.63) is 28.8 Å². The molecule has 0 bridgehead atoms. The summed E-state index contributed by atoms with van der Waals surface area (Å²) in [6.45, 7) is 7.04. The number of esters is 1. The molecule has 1 heterocycles. The molecule has 9 heteroatoms. The van der Waals surface area contributed by atoms with E-state index in [1.54, 1.807) is 18.7 Å². The van der Waals surface area contributed by atoms with E-state index in [0.717, 1.165) is 12.8 Å². The smallest absolute Gasteiger partial charge is 0.338 e. The van der Waals surface area contributed by atoms with Gasteiger partial charge in [-0.25, -0.2) is 13.2 Å². The Morgan fingerprint density at radius 2 is 1.96 bits per heavy atom. The minimum Gasteiger partial charge on any atom is -0.452 e. The number of benzene rings is 1. The van der Waals surface area contributed by atoms with Gasteiger partial charge in [-0.3, -0.25) is 4.79 Å². The second kappa shape index (κ2) is 9.71. The van der Waals surface area contributed by atoms with Gasteiger partial charge in [0.15, 0.2) is 6.61 Å². The number of hydrogen-bond donors (Lipinski definition) is 0. The average molecular weight is 431 g/mol. The van der Waals surface area contributed by atoms with Crippen molar-refractivity contribution in [3.63, 3.8) is 0 Å². The van der Waals surface area contributed by atoms with E-state index >= 15 is 0 Å². The largest absolute Gasteiger partial charge is 0.452 e. The number of ether oxygens (including phenoxy) is 1. The first-order valence-electron chi connectivity index (χ1n) is 9.45. The first-order chi connectivity index (χ1) is 13.2. The molecule has 1 amide bonds. The quantitative estimate of drug-likeness (QED) is 0.621.